The van der Waals surface area contributed by atoms with E-state index in [0.717, 1.165) is 35.9 Å². The van der Waals surface area contributed by atoms with Crippen LogP contribution in [0.1, 0.15) is 18.9 Å². The number of halogens is 1. The fourth-order valence-electron chi connectivity index (χ4n) is 2.10. The molecule has 0 saturated heterocycles. The standard InChI is InChI=1S/C16H19ClN2/c1-2-10-19(16-5-3-4-15(18)11-16)12-13-6-8-14(17)9-7-13/h3-9,11H,2,10,12,18H2,1H3. The van der Waals surface area contributed by atoms with Crippen LogP contribution in [-0.4, -0.2) is 6.54 Å². The predicted molar refractivity (Wildman–Crippen MR) is 83.6 cm³/mol. The minimum absolute atomic E-state index is 0.773. The summed E-state index contributed by atoms with van der Waals surface area (Å²) in [6.07, 6.45) is 1.10. The summed E-state index contributed by atoms with van der Waals surface area (Å²) in [5, 5.41) is 0.773. The normalized spacial score (nSPS) is 10.4. The monoisotopic (exact) mass is 274 g/mol. The van der Waals surface area contributed by atoms with Crippen molar-refractivity contribution in [2.75, 3.05) is 17.2 Å². The van der Waals surface area contributed by atoms with Crippen LogP contribution in [0.25, 0.3) is 0 Å². The van der Waals surface area contributed by atoms with Crippen LogP contribution in [0.3, 0.4) is 0 Å². The van der Waals surface area contributed by atoms with Gasteiger partial charge in [-0.15, -0.1) is 0 Å². The molecule has 0 bridgehead atoms. The minimum Gasteiger partial charge on any atom is -0.399 e. The van der Waals surface area contributed by atoms with E-state index < -0.39 is 0 Å². The molecule has 2 rings (SSSR count). The largest absolute Gasteiger partial charge is 0.399 e. The zero-order chi connectivity index (χ0) is 13.7. The second-order valence-electron chi connectivity index (χ2n) is 4.64. The van der Waals surface area contributed by atoms with Crippen LogP contribution in [-0.2, 0) is 6.54 Å². The van der Waals surface area contributed by atoms with E-state index in [1.54, 1.807) is 0 Å². The van der Waals surface area contributed by atoms with Gasteiger partial charge in [-0.3, -0.25) is 0 Å². The number of hydrogen-bond donors (Lipinski definition) is 1. The lowest BCUT2D eigenvalue weighted by molar-refractivity contribution is 0.767. The van der Waals surface area contributed by atoms with Gasteiger partial charge in [0.25, 0.3) is 0 Å². The molecule has 3 heteroatoms. The van der Waals surface area contributed by atoms with Crippen molar-refractivity contribution >= 4 is 23.0 Å². The smallest absolute Gasteiger partial charge is 0.0429 e. The molecule has 2 nitrogen and oxygen atoms in total. The van der Waals surface area contributed by atoms with E-state index in [4.69, 9.17) is 17.3 Å². The molecule has 0 aromatic heterocycles. The third-order valence-corrected chi connectivity index (χ3v) is 3.27. The molecule has 0 aliphatic rings. The number of rotatable bonds is 5. The van der Waals surface area contributed by atoms with Gasteiger partial charge in [-0.2, -0.15) is 0 Å². The van der Waals surface area contributed by atoms with Gasteiger partial charge in [0.2, 0.25) is 0 Å². The van der Waals surface area contributed by atoms with E-state index in [2.05, 4.69) is 30.0 Å². The van der Waals surface area contributed by atoms with Crippen LogP contribution in [0.15, 0.2) is 48.5 Å². The fourth-order valence-corrected chi connectivity index (χ4v) is 2.23. The highest BCUT2D eigenvalue weighted by Crippen LogP contribution is 2.21. The highest BCUT2D eigenvalue weighted by Gasteiger charge is 2.06. The molecule has 0 aliphatic heterocycles. The summed E-state index contributed by atoms with van der Waals surface area (Å²) < 4.78 is 0. The van der Waals surface area contributed by atoms with E-state index in [9.17, 15) is 0 Å². The van der Waals surface area contributed by atoms with Crippen molar-refractivity contribution in [2.45, 2.75) is 19.9 Å². The van der Waals surface area contributed by atoms with Crippen LogP contribution in [0.5, 0.6) is 0 Å². The highest BCUT2D eigenvalue weighted by atomic mass is 35.5. The summed E-state index contributed by atoms with van der Waals surface area (Å²) in [6, 6.07) is 16.0. The number of nitrogens with two attached hydrogens (primary N) is 1. The van der Waals surface area contributed by atoms with Gasteiger partial charge in [-0.05, 0) is 42.3 Å². The van der Waals surface area contributed by atoms with E-state index in [-0.39, 0.29) is 0 Å². The van der Waals surface area contributed by atoms with Gasteiger partial charge in [-0.1, -0.05) is 36.7 Å². The van der Waals surface area contributed by atoms with E-state index in [0.29, 0.717) is 0 Å². The first kappa shape index (κ1) is 13.8. The van der Waals surface area contributed by atoms with Crippen LogP contribution in [0, 0.1) is 0 Å². The second-order valence-corrected chi connectivity index (χ2v) is 5.08. The average Bonchev–Trinajstić information content (AvgIpc) is 2.41. The first-order valence-corrected chi connectivity index (χ1v) is 6.92. The predicted octanol–water partition coefficient (Wildman–Crippen LogP) is 4.34. The van der Waals surface area contributed by atoms with Gasteiger partial charge in [0, 0.05) is 29.5 Å². The minimum atomic E-state index is 0.773. The van der Waals surface area contributed by atoms with Gasteiger partial charge in [0.15, 0.2) is 0 Å². The zero-order valence-corrected chi connectivity index (χ0v) is 11.9. The van der Waals surface area contributed by atoms with Crippen LogP contribution in [0.4, 0.5) is 11.4 Å². The third-order valence-electron chi connectivity index (χ3n) is 3.02. The van der Waals surface area contributed by atoms with Gasteiger partial charge < -0.3 is 10.6 Å². The maximum Gasteiger partial charge on any atom is 0.0429 e. The quantitative estimate of drug-likeness (QED) is 0.822. The molecule has 2 aromatic carbocycles. The first-order valence-electron chi connectivity index (χ1n) is 6.54. The molecule has 0 saturated carbocycles. The van der Waals surface area contributed by atoms with Crippen molar-refractivity contribution in [3.8, 4) is 0 Å². The fraction of sp³-hybridized carbons (Fsp3) is 0.250. The zero-order valence-electron chi connectivity index (χ0n) is 11.1. The summed E-state index contributed by atoms with van der Waals surface area (Å²) in [5.41, 5.74) is 9.08. The topological polar surface area (TPSA) is 29.3 Å². The molecule has 0 radical (unpaired) electrons. The molecule has 19 heavy (non-hydrogen) atoms. The van der Waals surface area contributed by atoms with Gasteiger partial charge in [0.05, 0.1) is 0 Å². The summed E-state index contributed by atoms with van der Waals surface area (Å²) in [4.78, 5) is 2.33. The Hall–Kier alpha value is -1.67. The van der Waals surface area contributed by atoms with E-state index in [1.165, 1.54) is 5.56 Å². The molecule has 0 atom stereocenters. The van der Waals surface area contributed by atoms with E-state index in [1.807, 2.05) is 30.3 Å². The molecular weight excluding hydrogens is 256 g/mol. The summed E-state index contributed by atoms with van der Waals surface area (Å²) in [6.45, 7) is 4.06. The molecule has 0 unspecified atom stereocenters. The van der Waals surface area contributed by atoms with Crippen LogP contribution >= 0.6 is 11.6 Å². The number of anilines is 2. The van der Waals surface area contributed by atoms with Gasteiger partial charge in [0.1, 0.15) is 0 Å². The number of nitrogens with zero attached hydrogens (tertiary/aromatic N) is 1. The van der Waals surface area contributed by atoms with Crippen molar-refractivity contribution in [3.05, 3.63) is 59.1 Å². The molecule has 2 aromatic rings. The Morgan fingerprint density at radius 1 is 1.11 bits per heavy atom. The highest BCUT2D eigenvalue weighted by molar-refractivity contribution is 6.30. The molecule has 0 aliphatic carbocycles. The lowest BCUT2D eigenvalue weighted by atomic mass is 10.2. The third kappa shape index (κ3) is 3.90. The van der Waals surface area contributed by atoms with Crippen LogP contribution in [0.2, 0.25) is 5.02 Å². The van der Waals surface area contributed by atoms with Crippen molar-refractivity contribution in [2.24, 2.45) is 0 Å². The van der Waals surface area contributed by atoms with E-state index >= 15 is 0 Å². The maximum atomic E-state index is 5.92. The average molecular weight is 275 g/mol. The Labute approximate surface area is 119 Å². The lowest BCUT2D eigenvalue weighted by Gasteiger charge is -2.24. The van der Waals surface area contributed by atoms with Crippen molar-refractivity contribution in [3.63, 3.8) is 0 Å². The summed E-state index contributed by atoms with van der Waals surface area (Å²) in [5.74, 6) is 0. The Balaban J connectivity index is 2.18. The SMILES string of the molecule is CCCN(Cc1ccc(Cl)cc1)c1cccc(N)c1. The molecular formula is C16H19ClN2. The molecule has 0 amide bonds. The molecule has 0 fully saturated rings. The Morgan fingerprint density at radius 2 is 1.84 bits per heavy atom. The Bertz CT molecular complexity index is 523. The number of hydrogen-bond acceptors (Lipinski definition) is 2. The summed E-state index contributed by atoms with van der Waals surface area (Å²) in [7, 11) is 0. The van der Waals surface area contributed by atoms with Crippen LogP contribution < -0.4 is 10.6 Å². The van der Waals surface area contributed by atoms with Crippen molar-refractivity contribution in [1.82, 2.24) is 0 Å². The van der Waals surface area contributed by atoms with Gasteiger partial charge >= 0.3 is 0 Å². The molecule has 100 valence electrons. The number of nitrogen functional groups attached to an aromatic ring is 1. The lowest BCUT2D eigenvalue weighted by Crippen LogP contribution is -2.23. The number of benzene rings is 2. The van der Waals surface area contributed by atoms with Gasteiger partial charge in [-0.25, -0.2) is 0 Å². The second kappa shape index (κ2) is 6.48. The summed E-state index contributed by atoms with van der Waals surface area (Å²) >= 11 is 5.92. The maximum absolute atomic E-state index is 5.92. The molecule has 0 spiro atoms. The Morgan fingerprint density at radius 3 is 2.47 bits per heavy atom. The van der Waals surface area contributed by atoms with Crippen molar-refractivity contribution in [1.29, 1.82) is 0 Å². The molecule has 2 N–H and O–H groups in total. The first-order chi connectivity index (χ1) is 9.19. The molecule has 0 heterocycles. The van der Waals surface area contributed by atoms with Crippen molar-refractivity contribution < 1.29 is 0 Å². The Kier molecular flexibility index (Phi) is 4.69.